The van der Waals surface area contributed by atoms with Gasteiger partial charge >= 0.3 is 0 Å². The number of rotatable bonds is 0. The van der Waals surface area contributed by atoms with Gasteiger partial charge in [-0.25, -0.2) is 0 Å². The van der Waals surface area contributed by atoms with Gasteiger partial charge in [-0.15, -0.1) is 0 Å². The highest BCUT2D eigenvalue weighted by molar-refractivity contribution is 6.05. The summed E-state index contributed by atoms with van der Waals surface area (Å²) in [5.74, 6) is -3.80. The van der Waals surface area contributed by atoms with E-state index in [2.05, 4.69) is 6.58 Å². The molecule has 6 rings (SSSR count). The SMILES string of the molecule is C=C1C(=O)[C@@]23[C@@H](O)[C@@H]1CC[C@H]2[C@@]12CO[C@@]3(O)[C@@H](O)[C@@H]1C(C)(C)CC[C@@H]2O. The Morgan fingerprint density at radius 1 is 1.12 bits per heavy atom. The van der Waals surface area contributed by atoms with Crippen molar-refractivity contribution in [1.29, 1.82) is 0 Å². The normalized spacial score (nSPS) is 59.9. The molecule has 2 heterocycles. The zero-order valence-corrected chi connectivity index (χ0v) is 15.3. The smallest absolute Gasteiger partial charge is 0.208 e. The van der Waals surface area contributed by atoms with Gasteiger partial charge in [0.1, 0.15) is 11.5 Å². The van der Waals surface area contributed by atoms with Crippen molar-refractivity contribution in [2.45, 2.75) is 63.6 Å². The average Bonchev–Trinajstić information content (AvgIpc) is 2.69. The van der Waals surface area contributed by atoms with Crippen LogP contribution in [-0.2, 0) is 9.53 Å². The fourth-order valence-electron chi connectivity index (χ4n) is 7.90. The standard InChI is InChI=1S/C20H28O6/c1-9-10-4-5-11-18-8-26-20(25,19(11,14(9)22)15(10)23)16(24)13(18)17(2,3)7-6-12(18)21/h10-13,15-16,21,23-25H,1,4-8H2,2-3H3/t10-,11+,12+,13-,15+,16+,18-,19-,20+/m1/s1. The number of aliphatic hydroxyl groups is 4. The number of ether oxygens (including phenoxy) is 1. The van der Waals surface area contributed by atoms with E-state index in [1.165, 1.54) is 0 Å². The van der Waals surface area contributed by atoms with E-state index in [1.807, 2.05) is 13.8 Å². The Kier molecular flexibility index (Phi) is 3.07. The number of Topliss-reactive ketones (excluding diaryl/α,β-unsaturated/α-hetero) is 1. The van der Waals surface area contributed by atoms with Crippen molar-refractivity contribution in [3.63, 3.8) is 0 Å². The Labute approximate surface area is 152 Å². The van der Waals surface area contributed by atoms with E-state index >= 15 is 0 Å². The summed E-state index contributed by atoms with van der Waals surface area (Å²) in [6, 6.07) is 0. The predicted octanol–water partition coefficient (Wildman–Crippen LogP) is 0.376. The van der Waals surface area contributed by atoms with Crippen LogP contribution in [0.4, 0.5) is 0 Å². The minimum Gasteiger partial charge on any atom is -0.392 e. The molecule has 0 aromatic rings. The number of carbonyl (C=O) groups is 1. The molecule has 2 spiro atoms. The lowest BCUT2D eigenvalue weighted by Crippen LogP contribution is -2.85. The number of hydrogen-bond donors (Lipinski definition) is 4. The van der Waals surface area contributed by atoms with Crippen LogP contribution in [0, 0.1) is 34.0 Å². The molecule has 6 aliphatic rings. The Bertz CT molecular complexity index is 717. The summed E-state index contributed by atoms with van der Waals surface area (Å²) in [4.78, 5) is 13.3. The van der Waals surface area contributed by atoms with E-state index in [0.29, 0.717) is 24.8 Å². The third kappa shape index (κ3) is 1.41. The quantitative estimate of drug-likeness (QED) is 0.463. The maximum atomic E-state index is 13.3. The van der Waals surface area contributed by atoms with Crippen LogP contribution in [0.25, 0.3) is 0 Å². The fourth-order valence-corrected chi connectivity index (χ4v) is 7.90. The molecule has 144 valence electrons. The molecule has 4 aliphatic carbocycles. The van der Waals surface area contributed by atoms with E-state index in [9.17, 15) is 25.2 Å². The average molecular weight is 364 g/mol. The van der Waals surface area contributed by atoms with Gasteiger partial charge in [-0.1, -0.05) is 20.4 Å². The van der Waals surface area contributed by atoms with Gasteiger partial charge in [0.2, 0.25) is 5.79 Å². The summed E-state index contributed by atoms with van der Waals surface area (Å²) in [5, 5.41) is 45.1. The van der Waals surface area contributed by atoms with Crippen LogP contribution < -0.4 is 0 Å². The second-order valence-electron chi connectivity index (χ2n) is 9.97. The molecule has 2 saturated heterocycles. The molecule has 0 aromatic heterocycles. The van der Waals surface area contributed by atoms with Gasteiger partial charge in [0, 0.05) is 17.3 Å². The molecule has 4 N–H and O–H groups in total. The summed E-state index contributed by atoms with van der Waals surface area (Å²) in [6.07, 6.45) is -0.747. The molecular formula is C20H28O6. The summed E-state index contributed by atoms with van der Waals surface area (Å²) >= 11 is 0. The molecule has 0 amide bonds. The summed E-state index contributed by atoms with van der Waals surface area (Å²) in [5.41, 5.74) is -2.49. The highest BCUT2D eigenvalue weighted by Gasteiger charge is 2.86. The van der Waals surface area contributed by atoms with Crippen LogP contribution in [0.15, 0.2) is 12.2 Å². The van der Waals surface area contributed by atoms with E-state index in [1.54, 1.807) is 0 Å². The molecule has 9 atom stereocenters. The summed E-state index contributed by atoms with van der Waals surface area (Å²) in [6.45, 7) is 8.07. The van der Waals surface area contributed by atoms with Gasteiger partial charge in [0.05, 0.1) is 18.8 Å². The monoisotopic (exact) mass is 364 g/mol. The van der Waals surface area contributed by atoms with Crippen molar-refractivity contribution in [2.24, 2.45) is 34.0 Å². The molecule has 0 radical (unpaired) electrons. The third-order valence-corrected chi connectivity index (χ3v) is 8.88. The summed E-state index contributed by atoms with van der Waals surface area (Å²) in [7, 11) is 0. The first-order valence-corrected chi connectivity index (χ1v) is 9.71. The van der Waals surface area contributed by atoms with Crippen molar-refractivity contribution in [2.75, 3.05) is 6.61 Å². The lowest BCUT2D eigenvalue weighted by molar-refractivity contribution is -0.458. The molecule has 0 aromatic carbocycles. The zero-order valence-electron chi connectivity index (χ0n) is 15.3. The second kappa shape index (κ2) is 4.61. The molecular weight excluding hydrogens is 336 g/mol. The lowest BCUT2D eigenvalue weighted by atomic mass is 9.35. The van der Waals surface area contributed by atoms with Gasteiger partial charge in [-0.2, -0.15) is 0 Å². The van der Waals surface area contributed by atoms with Crippen molar-refractivity contribution in [1.82, 2.24) is 0 Å². The van der Waals surface area contributed by atoms with Gasteiger partial charge in [-0.3, -0.25) is 4.79 Å². The number of hydrogen-bond acceptors (Lipinski definition) is 6. The number of carbonyl (C=O) groups excluding carboxylic acids is 1. The second-order valence-corrected chi connectivity index (χ2v) is 9.97. The van der Waals surface area contributed by atoms with Gasteiger partial charge in [0.25, 0.3) is 0 Å². The molecule has 6 fully saturated rings. The van der Waals surface area contributed by atoms with Crippen molar-refractivity contribution >= 4 is 5.78 Å². The van der Waals surface area contributed by atoms with Gasteiger partial charge < -0.3 is 25.2 Å². The minimum absolute atomic E-state index is 0.0966. The Morgan fingerprint density at radius 3 is 2.50 bits per heavy atom. The first-order valence-electron chi connectivity index (χ1n) is 9.71. The van der Waals surface area contributed by atoms with Crippen LogP contribution in [-0.4, -0.2) is 56.9 Å². The molecule has 2 aliphatic heterocycles. The molecule has 0 unspecified atom stereocenters. The van der Waals surface area contributed by atoms with Crippen LogP contribution >= 0.6 is 0 Å². The van der Waals surface area contributed by atoms with E-state index < -0.39 is 58.5 Å². The first-order chi connectivity index (χ1) is 12.1. The highest BCUT2D eigenvalue weighted by atomic mass is 16.6. The minimum atomic E-state index is -2.15. The zero-order chi connectivity index (χ0) is 18.9. The maximum Gasteiger partial charge on any atom is 0.208 e. The molecule has 6 nitrogen and oxygen atoms in total. The molecule has 26 heavy (non-hydrogen) atoms. The van der Waals surface area contributed by atoms with Crippen LogP contribution in [0.3, 0.4) is 0 Å². The topological polar surface area (TPSA) is 107 Å². The molecule has 4 saturated carbocycles. The van der Waals surface area contributed by atoms with Crippen molar-refractivity contribution < 1.29 is 30.0 Å². The lowest BCUT2D eigenvalue weighted by Gasteiger charge is -2.74. The van der Waals surface area contributed by atoms with Crippen LogP contribution in [0.5, 0.6) is 0 Å². The molecule has 6 heteroatoms. The highest BCUT2D eigenvalue weighted by Crippen LogP contribution is 2.76. The summed E-state index contributed by atoms with van der Waals surface area (Å²) < 4.78 is 5.80. The van der Waals surface area contributed by atoms with Crippen LogP contribution in [0.1, 0.15) is 39.5 Å². The Hall–Kier alpha value is -0.790. The Balaban J connectivity index is 1.81. The van der Waals surface area contributed by atoms with E-state index in [0.717, 1.165) is 6.42 Å². The van der Waals surface area contributed by atoms with E-state index in [4.69, 9.17) is 4.74 Å². The maximum absolute atomic E-state index is 13.3. The Morgan fingerprint density at radius 2 is 1.81 bits per heavy atom. The predicted molar refractivity (Wildman–Crippen MR) is 90.7 cm³/mol. The van der Waals surface area contributed by atoms with Crippen molar-refractivity contribution in [3.05, 3.63) is 12.2 Å². The molecule has 4 bridgehead atoms. The fraction of sp³-hybridized carbons (Fsp3) is 0.850. The number of ketones is 1. The number of aliphatic hydroxyl groups excluding tert-OH is 3. The third-order valence-electron chi connectivity index (χ3n) is 8.88. The van der Waals surface area contributed by atoms with Gasteiger partial charge in [-0.05, 0) is 42.6 Å². The largest absolute Gasteiger partial charge is 0.392 e. The van der Waals surface area contributed by atoms with E-state index in [-0.39, 0.29) is 12.0 Å². The van der Waals surface area contributed by atoms with Crippen LogP contribution in [0.2, 0.25) is 0 Å². The first kappa shape index (κ1) is 17.3. The van der Waals surface area contributed by atoms with Crippen molar-refractivity contribution in [3.8, 4) is 0 Å². The number of fused-ring (bicyclic) bond motifs is 2. The van der Waals surface area contributed by atoms with Gasteiger partial charge in [0.15, 0.2) is 5.78 Å².